The summed E-state index contributed by atoms with van der Waals surface area (Å²) in [6.07, 6.45) is 11.5. The van der Waals surface area contributed by atoms with E-state index in [1.165, 1.54) is 38.7 Å². The standard InChI is InChI=1S/C14H24O3/c1-3-4-5-6-7-8-10-14(11-9-12-15)17-13(2)16/h9,11-12,14H,3-8,10H2,1-2H3. The number of allylic oxidation sites excluding steroid dienone is 1. The largest absolute Gasteiger partial charge is 0.458 e. The highest BCUT2D eigenvalue weighted by Crippen LogP contribution is 2.11. The van der Waals surface area contributed by atoms with Crippen molar-refractivity contribution in [2.24, 2.45) is 0 Å². The molecule has 98 valence electrons. The predicted molar refractivity (Wildman–Crippen MR) is 68.8 cm³/mol. The summed E-state index contributed by atoms with van der Waals surface area (Å²) in [5.74, 6) is -0.295. The number of hydrogen-bond donors (Lipinski definition) is 0. The van der Waals surface area contributed by atoms with Gasteiger partial charge in [0.25, 0.3) is 0 Å². The summed E-state index contributed by atoms with van der Waals surface area (Å²) in [5.41, 5.74) is 0. The van der Waals surface area contributed by atoms with Gasteiger partial charge < -0.3 is 4.74 Å². The van der Waals surface area contributed by atoms with Gasteiger partial charge >= 0.3 is 5.97 Å². The van der Waals surface area contributed by atoms with E-state index in [2.05, 4.69) is 6.92 Å². The maximum atomic E-state index is 10.8. The smallest absolute Gasteiger partial charge is 0.303 e. The van der Waals surface area contributed by atoms with E-state index in [4.69, 9.17) is 4.74 Å². The van der Waals surface area contributed by atoms with Crippen LogP contribution in [-0.4, -0.2) is 18.4 Å². The van der Waals surface area contributed by atoms with Gasteiger partial charge in [0.1, 0.15) is 12.4 Å². The first-order valence-electron chi connectivity index (χ1n) is 6.50. The molecule has 0 radical (unpaired) electrons. The summed E-state index contributed by atoms with van der Waals surface area (Å²) in [6, 6.07) is 0. The van der Waals surface area contributed by atoms with Crippen LogP contribution in [0.3, 0.4) is 0 Å². The van der Waals surface area contributed by atoms with Gasteiger partial charge in [0.05, 0.1) is 0 Å². The van der Waals surface area contributed by atoms with Crippen LogP contribution in [0.4, 0.5) is 0 Å². The van der Waals surface area contributed by atoms with E-state index in [0.717, 1.165) is 19.3 Å². The normalized spacial score (nSPS) is 12.6. The zero-order valence-electron chi connectivity index (χ0n) is 11.0. The fourth-order valence-electron chi connectivity index (χ4n) is 1.70. The molecule has 17 heavy (non-hydrogen) atoms. The minimum atomic E-state index is -0.295. The van der Waals surface area contributed by atoms with E-state index in [-0.39, 0.29) is 12.1 Å². The van der Waals surface area contributed by atoms with E-state index in [0.29, 0.717) is 6.29 Å². The highest BCUT2D eigenvalue weighted by atomic mass is 16.5. The maximum Gasteiger partial charge on any atom is 0.303 e. The molecule has 3 heteroatoms. The van der Waals surface area contributed by atoms with Gasteiger partial charge in [0.15, 0.2) is 0 Å². The molecule has 0 aromatic carbocycles. The van der Waals surface area contributed by atoms with Crippen molar-refractivity contribution >= 4 is 12.3 Å². The number of unbranched alkanes of at least 4 members (excludes halogenated alkanes) is 5. The van der Waals surface area contributed by atoms with Crippen LogP contribution in [0.15, 0.2) is 12.2 Å². The molecule has 0 aliphatic heterocycles. The molecule has 0 heterocycles. The van der Waals surface area contributed by atoms with Crippen molar-refractivity contribution in [1.82, 2.24) is 0 Å². The molecular formula is C14H24O3. The molecule has 0 aromatic rings. The van der Waals surface area contributed by atoms with Gasteiger partial charge in [-0.3, -0.25) is 9.59 Å². The number of aldehydes is 1. The highest BCUT2D eigenvalue weighted by Gasteiger charge is 2.07. The molecule has 0 aromatic heterocycles. The Balaban J connectivity index is 3.71. The van der Waals surface area contributed by atoms with Gasteiger partial charge in [-0.2, -0.15) is 0 Å². The number of ether oxygens (including phenoxy) is 1. The molecular weight excluding hydrogens is 216 g/mol. The first-order valence-corrected chi connectivity index (χ1v) is 6.50. The topological polar surface area (TPSA) is 43.4 Å². The Kier molecular flexibility index (Phi) is 10.6. The van der Waals surface area contributed by atoms with Crippen molar-refractivity contribution < 1.29 is 14.3 Å². The van der Waals surface area contributed by atoms with Crippen LogP contribution >= 0.6 is 0 Å². The van der Waals surface area contributed by atoms with Gasteiger partial charge in [0.2, 0.25) is 0 Å². The van der Waals surface area contributed by atoms with Gasteiger partial charge in [-0.25, -0.2) is 0 Å². The summed E-state index contributed by atoms with van der Waals surface area (Å²) >= 11 is 0. The molecule has 1 atom stereocenters. The third-order valence-electron chi connectivity index (χ3n) is 2.56. The Hall–Kier alpha value is -1.12. The van der Waals surface area contributed by atoms with E-state index in [1.54, 1.807) is 6.08 Å². The van der Waals surface area contributed by atoms with E-state index in [1.807, 2.05) is 0 Å². The monoisotopic (exact) mass is 240 g/mol. The molecule has 0 saturated heterocycles. The summed E-state index contributed by atoms with van der Waals surface area (Å²) in [5, 5.41) is 0. The SMILES string of the molecule is CCCCCCCCC(C=CC=O)OC(C)=O. The Morgan fingerprint density at radius 2 is 1.82 bits per heavy atom. The van der Waals surface area contributed by atoms with Crippen LogP contribution < -0.4 is 0 Å². The van der Waals surface area contributed by atoms with Gasteiger partial charge in [-0.05, 0) is 25.0 Å². The third kappa shape index (κ3) is 11.1. The van der Waals surface area contributed by atoms with Crippen molar-refractivity contribution in [3.63, 3.8) is 0 Å². The lowest BCUT2D eigenvalue weighted by atomic mass is 10.1. The highest BCUT2D eigenvalue weighted by molar-refractivity contribution is 5.67. The average molecular weight is 240 g/mol. The van der Waals surface area contributed by atoms with Crippen molar-refractivity contribution in [2.45, 2.75) is 64.9 Å². The average Bonchev–Trinajstić information content (AvgIpc) is 2.29. The molecule has 0 amide bonds. The van der Waals surface area contributed by atoms with Crippen LogP contribution in [-0.2, 0) is 14.3 Å². The summed E-state index contributed by atoms with van der Waals surface area (Å²) in [6.45, 7) is 3.59. The van der Waals surface area contributed by atoms with Gasteiger partial charge in [0, 0.05) is 6.92 Å². The quantitative estimate of drug-likeness (QED) is 0.254. The number of carbonyl (C=O) groups excluding carboxylic acids is 2. The molecule has 0 fully saturated rings. The fourth-order valence-corrected chi connectivity index (χ4v) is 1.70. The first kappa shape index (κ1) is 15.9. The summed E-state index contributed by atoms with van der Waals surface area (Å²) in [4.78, 5) is 21.1. The van der Waals surface area contributed by atoms with E-state index >= 15 is 0 Å². The zero-order chi connectivity index (χ0) is 12.9. The minimum Gasteiger partial charge on any atom is -0.458 e. The number of esters is 1. The number of hydrogen-bond acceptors (Lipinski definition) is 3. The Bertz CT molecular complexity index is 234. The molecule has 1 unspecified atom stereocenters. The second-order valence-electron chi connectivity index (χ2n) is 4.23. The summed E-state index contributed by atoms with van der Waals surface area (Å²) < 4.78 is 5.10. The lowest BCUT2D eigenvalue weighted by Gasteiger charge is -2.12. The van der Waals surface area contributed by atoms with Crippen molar-refractivity contribution in [3.8, 4) is 0 Å². The Morgan fingerprint density at radius 1 is 1.18 bits per heavy atom. The van der Waals surface area contributed by atoms with Crippen molar-refractivity contribution in [3.05, 3.63) is 12.2 Å². The molecule has 0 spiro atoms. The van der Waals surface area contributed by atoms with Gasteiger partial charge in [-0.1, -0.05) is 39.0 Å². The van der Waals surface area contributed by atoms with E-state index in [9.17, 15) is 9.59 Å². The van der Waals surface area contributed by atoms with Crippen LogP contribution in [0, 0.1) is 0 Å². The second kappa shape index (κ2) is 11.4. The van der Waals surface area contributed by atoms with Crippen molar-refractivity contribution in [2.75, 3.05) is 0 Å². The molecule has 0 bridgehead atoms. The van der Waals surface area contributed by atoms with Crippen LogP contribution in [0.25, 0.3) is 0 Å². The first-order chi connectivity index (χ1) is 8.20. The molecule has 0 aliphatic carbocycles. The molecule has 0 saturated carbocycles. The molecule has 0 rings (SSSR count). The van der Waals surface area contributed by atoms with E-state index < -0.39 is 0 Å². The lowest BCUT2D eigenvalue weighted by Crippen LogP contribution is -2.13. The second-order valence-corrected chi connectivity index (χ2v) is 4.23. The maximum absolute atomic E-state index is 10.8. The third-order valence-corrected chi connectivity index (χ3v) is 2.56. The fraction of sp³-hybridized carbons (Fsp3) is 0.714. The Morgan fingerprint density at radius 3 is 2.41 bits per heavy atom. The molecule has 0 N–H and O–H groups in total. The van der Waals surface area contributed by atoms with Crippen LogP contribution in [0.2, 0.25) is 0 Å². The van der Waals surface area contributed by atoms with Gasteiger partial charge in [-0.15, -0.1) is 0 Å². The lowest BCUT2D eigenvalue weighted by molar-refractivity contribution is -0.144. The minimum absolute atomic E-state index is 0.246. The number of rotatable bonds is 10. The predicted octanol–water partition coefficient (Wildman–Crippen LogP) is 3.42. The molecule has 0 aliphatic rings. The summed E-state index contributed by atoms with van der Waals surface area (Å²) in [7, 11) is 0. The molecule has 3 nitrogen and oxygen atoms in total. The Labute approximate surface area is 104 Å². The van der Waals surface area contributed by atoms with Crippen LogP contribution in [0.1, 0.15) is 58.8 Å². The number of carbonyl (C=O) groups is 2. The van der Waals surface area contributed by atoms with Crippen molar-refractivity contribution in [1.29, 1.82) is 0 Å². The van der Waals surface area contributed by atoms with Crippen LogP contribution in [0.5, 0.6) is 0 Å². The zero-order valence-corrected chi connectivity index (χ0v) is 11.0.